The van der Waals surface area contributed by atoms with E-state index in [4.69, 9.17) is 0 Å². The first kappa shape index (κ1) is 12.7. The summed E-state index contributed by atoms with van der Waals surface area (Å²) in [5, 5.41) is 6.19. The van der Waals surface area contributed by atoms with E-state index in [2.05, 4.69) is 15.6 Å². The second kappa shape index (κ2) is 5.33. The number of nitrogens with one attached hydrogen (secondary N) is 2. The highest BCUT2D eigenvalue weighted by Crippen LogP contribution is 2.24. The molecule has 1 aromatic heterocycles. The fourth-order valence-corrected chi connectivity index (χ4v) is 1.99. The highest BCUT2D eigenvalue weighted by atomic mass is 16.1. The molecule has 0 bridgehead atoms. The third-order valence-electron chi connectivity index (χ3n) is 3.22. The van der Waals surface area contributed by atoms with Crippen LogP contribution in [-0.2, 0) is 0 Å². The summed E-state index contributed by atoms with van der Waals surface area (Å²) in [7, 11) is 0. The van der Waals surface area contributed by atoms with Gasteiger partial charge in [-0.25, -0.2) is 4.98 Å². The van der Waals surface area contributed by atoms with Gasteiger partial charge in [-0.2, -0.15) is 0 Å². The standard InChI is InChI=1S/C16H17N3O/c1-11-3-2-4-13(9-11)19-16(20)15-8-7-14(10-17-15)18-12-5-6-12/h2-4,7-10,12,18H,5-6H2,1H3,(H,19,20). The van der Waals surface area contributed by atoms with Crippen LogP contribution in [0.3, 0.4) is 0 Å². The Morgan fingerprint density at radius 2 is 2.05 bits per heavy atom. The molecular formula is C16H17N3O. The molecule has 1 fully saturated rings. The molecule has 2 N–H and O–H groups in total. The van der Waals surface area contributed by atoms with Crippen LogP contribution in [0.25, 0.3) is 0 Å². The van der Waals surface area contributed by atoms with Crippen molar-refractivity contribution in [2.45, 2.75) is 25.8 Å². The van der Waals surface area contributed by atoms with Gasteiger partial charge < -0.3 is 10.6 Å². The molecule has 2 aromatic rings. The quantitative estimate of drug-likeness (QED) is 0.894. The molecule has 0 radical (unpaired) electrons. The second-order valence-corrected chi connectivity index (χ2v) is 5.17. The van der Waals surface area contributed by atoms with Crippen molar-refractivity contribution in [3.63, 3.8) is 0 Å². The third kappa shape index (κ3) is 3.15. The number of carbonyl (C=O) groups excluding carboxylic acids is 1. The Morgan fingerprint density at radius 3 is 2.70 bits per heavy atom. The van der Waals surface area contributed by atoms with Crippen molar-refractivity contribution in [1.29, 1.82) is 0 Å². The van der Waals surface area contributed by atoms with Crippen LogP contribution in [0.2, 0.25) is 0 Å². The van der Waals surface area contributed by atoms with Gasteiger partial charge in [-0.15, -0.1) is 0 Å². The Morgan fingerprint density at radius 1 is 1.20 bits per heavy atom. The minimum absolute atomic E-state index is 0.187. The Labute approximate surface area is 118 Å². The maximum Gasteiger partial charge on any atom is 0.274 e. The summed E-state index contributed by atoms with van der Waals surface area (Å²) >= 11 is 0. The van der Waals surface area contributed by atoms with Crippen LogP contribution < -0.4 is 10.6 Å². The Kier molecular flexibility index (Phi) is 3.37. The first-order valence-electron chi connectivity index (χ1n) is 6.81. The molecule has 1 saturated carbocycles. The fraction of sp³-hybridized carbons (Fsp3) is 0.250. The molecule has 102 valence electrons. The van der Waals surface area contributed by atoms with Gasteiger partial charge in [-0.05, 0) is 49.6 Å². The maximum atomic E-state index is 12.1. The van der Waals surface area contributed by atoms with Crippen molar-refractivity contribution in [2.75, 3.05) is 10.6 Å². The molecule has 1 heterocycles. The zero-order chi connectivity index (χ0) is 13.9. The van der Waals surface area contributed by atoms with E-state index in [-0.39, 0.29) is 5.91 Å². The summed E-state index contributed by atoms with van der Waals surface area (Å²) in [6, 6.07) is 11.9. The van der Waals surface area contributed by atoms with Gasteiger partial charge in [0.25, 0.3) is 5.91 Å². The van der Waals surface area contributed by atoms with E-state index in [9.17, 15) is 4.79 Å². The summed E-state index contributed by atoms with van der Waals surface area (Å²) in [5.74, 6) is -0.187. The monoisotopic (exact) mass is 267 g/mol. The SMILES string of the molecule is Cc1cccc(NC(=O)c2ccc(NC3CC3)cn2)c1. The smallest absolute Gasteiger partial charge is 0.274 e. The fourth-order valence-electron chi connectivity index (χ4n) is 1.99. The highest BCUT2D eigenvalue weighted by molar-refractivity contribution is 6.02. The number of benzene rings is 1. The molecule has 1 aromatic carbocycles. The molecule has 0 aliphatic heterocycles. The largest absolute Gasteiger partial charge is 0.381 e. The molecule has 3 rings (SSSR count). The highest BCUT2D eigenvalue weighted by Gasteiger charge is 2.20. The number of hydrogen-bond donors (Lipinski definition) is 2. The molecule has 1 aliphatic rings. The molecule has 20 heavy (non-hydrogen) atoms. The number of nitrogens with zero attached hydrogens (tertiary/aromatic N) is 1. The molecular weight excluding hydrogens is 250 g/mol. The third-order valence-corrected chi connectivity index (χ3v) is 3.22. The van der Waals surface area contributed by atoms with E-state index < -0.39 is 0 Å². The van der Waals surface area contributed by atoms with E-state index in [1.54, 1.807) is 12.3 Å². The summed E-state index contributed by atoms with van der Waals surface area (Å²) in [6.45, 7) is 1.99. The van der Waals surface area contributed by atoms with Crippen molar-refractivity contribution in [2.24, 2.45) is 0 Å². The van der Waals surface area contributed by atoms with Crippen molar-refractivity contribution in [3.8, 4) is 0 Å². The summed E-state index contributed by atoms with van der Waals surface area (Å²) in [4.78, 5) is 16.3. The van der Waals surface area contributed by atoms with Gasteiger partial charge in [0.2, 0.25) is 0 Å². The number of hydrogen-bond acceptors (Lipinski definition) is 3. The molecule has 4 nitrogen and oxygen atoms in total. The Balaban J connectivity index is 1.66. The van der Waals surface area contributed by atoms with E-state index >= 15 is 0 Å². The predicted octanol–water partition coefficient (Wildman–Crippen LogP) is 3.22. The van der Waals surface area contributed by atoms with Crippen LogP contribution in [0.4, 0.5) is 11.4 Å². The van der Waals surface area contributed by atoms with Crippen LogP contribution in [0, 0.1) is 6.92 Å². The summed E-state index contributed by atoms with van der Waals surface area (Å²) in [5.41, 5.74) is 3.30. The number of aromatic nitrogens is 1. The van der Waals surface area contributed by atoms with Gasteiger partial charge in [-0.3, -0.25) is 4.79 Å². The number of pyridine rings is 1. The van der Waals surface area contributed by atoms with Crippen LogP contribution >= 0.6 is 0 Å². The van der Waals surface area contributed by atoms with Gasteiger partial charge >= 0.3 is 0 Å². The van der Waals surface area contributed by atoms with Gasteiger partial charge in [0.05, 0.1) is 11.9 Å². The van der Waals surface area contributed by atoms with Gasteiger partial charge in [0.1, 0.15) is 5.69 Å². The van der Waals surface area contributed by atoms with Crippen molar-refractivity contribution in [1.82, 2.24) is 4.98 Å². The molecule has 4 heteroatoms. The Bertz CT molecular complexity index is 618. The van der Waals surface area contributed by atoms with Gasteiger partial charge in [-0.1, -0.05) is 12.1 Å². The Hall–Kier alpha value is -2.36. The lowest BCUT2D eigenvalue weighted by Gasteiger charge is -2.07. The van der Waals surface area contributed by atoms with Crippen LogP contribution in [0.5, 0.6) is 0 Å². The lowest BCUT2D eigenvalue weighted by atomic mass is 10.2. The van der Waals surface area contributed by atoms with E-state index in [0.717, 1.165) is 16.9 Å². The van der Waals surface area contributed by atoms with Gasteiger partial charge in [0.15, 0.2) is 0 Å². The van der Waals surface area contributed by atoms with Crippen LogP contribution in [0.1, 0.15) is 28.9 Å². The normalized spacial score (nSPS) is 13.8. The lowest BCUT2D eigenvalue weighted by Crippen LogP contribution is -2.14. The zero-order valence-electron chi connectivity index (χ0n) is 11.4. The molecule has 0 atom stereocenters. The number of amides is 1. The van der Waals surface area contributed by atoms with Crippen molar-refractivity contribution >= 4 is 17.3 Å². The van der Waals surface area contributed by atoms with E-state index in [1.165, 1.54) is 12.8 Å². The summed E-state index contributed by atoms with van der Waals surface area (Å²) < 4.78 is 0. The number of aryl methyl sites for hydroxylation is 1. The predicted molar refractivity (Wildman–Crippen MR) is 80.0 cm³/mol. The number of carbonyl (C=O) groups is 1. The van der Waals surface area contributed by atoms with Gasteiger partial charge in [0, 0.05) is 11.7 Å². The van der Waals surface area contributed by atoms with E-state index in [0.29, 0.717) is 11.7 Å². The molecule has 0 spiro atoms. The number of rotatable bonds is 4. The van der Waals surface area contributed by atoms with Crippen molar-refractivity contribution in [3.05, 3.63) is 53.9 Å². The average Bonchev–Trinajstić information content (AvgIpc) is 3.23. The maximum absolute atomic E-state index is 12.1. The first-order chi connectivity index (χ1) is 9.70. The average molecular weight is 267 g/mol. The minimum Gasteiger partial charge on any atom is -0.381 e. The minimum atomic E-state index is -0.187. The summed E-state index contributed by atoms with van der Waals surface area (Å²) in [6.07, 6.45) is 4.15. The zero-order valence-corrected chi connectivity index (χ0v) is 11.4. The van der Waals surface area contributed by atoms with E-state index in [1.807, 2.05) is 37.3 Å². The molecule has 0 unspecified atom stereocenters. The molecule has 1 aliphatic carbocycles. The van der Waals surface area contributed by atoms with Crippen LogP contribution in [0.15, 0.2) is 42.6 Å². The number of anilines is 2. The molecule has 1 amide bonds. The molecule has 0 saturated heterocycles. The lowest BCUT2D eigenvalue weighted by molar-refractivity contribution is 0.102. The second-order valence-electron chi connectivity index (χ2n) is 5.17. The topological polar surface area (TPSA) is 54.0 Å². The first-order valence-corrected chi connectivity index (χ1v) is 6.81. The van der Waals surface area contributed by atoms with Crippen molar-refractivity contribution < 1.29 is 4.79 Å². The van der Waals surface area contributed by atoms with Crippen LogP contribution in [-0.4, -0.2) is 16.9 Å².